The van der Waals surface area contributed by atoms with Crippen molar-refractivity contribution in [2.75, 3.05) is 6.61 Å². The van der Waals surface area contributed by atoms with E-state index in [1.807, 2.05) is 12.2 Å². The van der Waals surface area contributed by atoms with Crippen LogP contribution in [0.3, 0.4) is 0 Å². The number of phenols is 1. The van der Waals surface area contributed by atoms with Gasteiger partial charge in [-0.1, -0.05) is 62.5 Å². The fraction of sp³-hybridized carbons (Fsp3) is 0.203. The maximum Gasteiger partial charge on any atom is 0.351 e. The summed E-state index contributed by atoms with van der Waals surface area (Å²) in [5, 5.41) is 66.7. The third-order valence-electron chi connectivity index (χ3n) is 13.9. The van der Waals surface area contributed by atoms with Gasteiger partial charge in [0.25, 0.3) is 29.5 Å². The number of rotatable bonds is 15. The number of phenolic OH excluding ortho intramolecular Hbond substituents is 1. The predicted molar refractivity (Wildman–Crippen MR) is 340 cm³/mol. The minimum Gasteiger partial charge on any atom is -0.508 e. The topological polar surface area (TPSA) is 406 Å². The number of carbonyl (C=O) groups excluding carboxylic acids is 7. The van der Waals surface area contributed by atoms with Crippen molar-refractivity contribution in [2.45, 2.75) is 63.4 Å². The number of nitrogens with zero attached hydrogens (tertiary/aromatic N) is 7. The first-order chi connectivity index (χ1) is 43.6. The van der Waals surface area contributed by atoms with Crippen LogP contribution in [0.25, 0.3) is 43.4 Å². The van der Waals surface area contributed by atoms with E-state index in [1.165, 1.54) is 50.9 Å². The number of hydrogen-bond acceptors (Lipinski definition) is 24. The molecule has 91 heavy (non-hydrogen) atoms. The maximum atomic E-state index is 14.8. The molecule has 2 aromatic carbocycles. The highest BCUT2D eigenvalue weighted by Gasteiger charge is 2.35. The number of aliphatic hydroxyl groups excluding tert-OH is 2. The lowest BCUT2D eigenvalue weighted by molar-refractivity contribution is -0.134. The van der Waals surface area contributed by atoms with E-state index in [9.17, 15) is 53.7 Å². The zero-order chi connectivity index (χ0) is 64.8. The molecule has 0 aliphatic carbocycles. The molecule has 0 saturated heterocycles. The Morgan fingerprint density at radius 1 is 0.637 bits per heavy atom. The molecule has 32 heteroatoms. The number of aliphatic carboxylic acids is 1. The molecule has 26 nitrogen and oxygen atoms in total. The van der Waals surface area contributed by atoms with Gasteiger partial charge in [0.05, 0.1) is 29.9 Å². The molecule has 7 amide bonds. The second-order valence-corrected chi connectivity index (χ2v) is 25.9. The summed E-state index contributed by atoms with van der Waals surface area (Å²) in [5.74, 6) is -7.52. The number of aromatic nitrogens is 7. The lowest BCUT2D eigenvalue weighted by atomic mass is 9.97. The molecule has 1 aliphatic rings. The fourth-order valence-corrected chi connectivity index (χ4v) is 14.4. The van der Waals surface area contributed by atoms with E-state index in [1.54, 1.807) is 72.3 Å². The summed E-state index contributed by atoms with van der Waals surface area (Å²) in [6, 6.07) is 13.3. The number of pyridine rings is 1. The van der Waals surface area contributed by atoms with E-state index < -0.39 is 101 Å². The normalized spacial score (nSPS) is 16.8. The van der Waals surface area contributed by atoms with E-state index >= 15 is 0 Å². The molecule has 0 fully saturated rings. The first-order valence-corrected chi connectivity index (χ1v) is 32.5. The number of aryl methyl sites for hydroxylation is 1. The highest BCUT2D eigenvalue weighted by molar-refractivity contribution is 7.15. The Kier molecular flexibility index (Phi) is 19.8. The summed E-state index contributed by atoms with van der Waals surface area (Å²) in [6.07, 6.45) is -1.70. The van der Waals surface area contributed by atoms with Crippen molar-refractivity contribution in [1.29, 1.82) is 0 Å². The van der Waals surface area contributed by atoms with Gasteiger partial charge in [0.2, 0.25) is 11.8 Å². The van der Waals surface area contributed by atoms with Crippen molar-refractivity contribution in [3.63, 3.8) is 0 Å². The fourth-order valence-electron chi connectivity index (χ4n) is 9.15. The van der Waals surface area contributed by atoms with Gasteiger partial charge in [0.1, 0.15) is 99.5 Å². The number of aliphatic hydroxyl groups is 2. The predicted octanol–water partition coefficient (Wildman–Crippen LogP) is 6.54. The third-order valence-corrected chi connectivity index (χ3v) is 19.4. The van der Waals surface area contributed by atoms with Crippen LogP contribution in [0, 0.1) is 12.8 Å². The van der Waals surface area contributed by atoms with Crippen LogP contribution in [0.1, 0.15) is 117 Å². The van der Waals surface area contributed by atoms with Crippen LogP contribution < -0.4 is 37.6 Å². The van der Waals surface area contributed by atoms with Gasteiger partial charge in [0, 0.05) is 50.4 Å². The number of amides is 7. The SMILES string of the molecule is C=C(NC(=O)C(=C)NC(=O)c1csc(-c2ccc3c(n2)-c2csc(n2)-c2csc(n2)[C@H]([C@@H](C)CCO)NC(=O)[C@H](Cc2ccc(O)cc2)NC(=O)c2csc(n2)[C@H]([C@H](O)c2ccccc2)NC(=O)c2nc(sc2C)[C@H](CC(N)=O)NC(=O)c2csc-3n2)n1)C(=O)O. The minimum absolute atomic E-state index is 0.0236. The van der Waals surface area contributed by atoms with Crippen LogP contribution in [0.5, 0.6) is 5.75 Å². The molecule has 466 valence electrons. The minimum atomic E-state index is -1.49. The zero-order valence-electron chi connectivity index (χ0n) is 47.7. The number of nitrogens with two attached hydrogens (primary N) is 1. The van der Waals surface area contributed by atoms with Crippen molar-refractivity contribution in [3.8, 4) is 49.1 Å². The molecule has 8 heterocycles. The van der Waals surface area contributed by atoms with Crippen LogP contribution in [0.2, 0.25) is 0 Å². The number of carboxylic acids is 1. The molecule has 1 aliphatic heterocycles. The number of aromatic hydroxyl groups is 1. The number of hydrogen-bond donors (Lipinski definition) is 11. The summed E-state index contributed by atoms with van der Waals surface area (Å²) in [6.45, 7) is 9.96. The van der Waals surface area contributed by atoms with Crippen molar-refractivity contribution >= 4 is 115 Å². The molecule has 0 spiro atoms. The Morgan fingerprint density at radius 3 is 1.98 bits per heavy atom. The first kappa shape index (κ1) is 64.3. The van der Waals surface area contributed by atoms with Gasteiger partial charge in [-0.2, -0.15) is 0 Å². The number of carbonyl (C=O) groups is 8. The molecule has 10 bridgehead atoms. The van der Waals surface area contributed by atoms with Gasteiger partial charge >= 0.3 is 5.97 Å². The van der Waals surface area contributed by atoms with Crippen molar-refractivity contribution in [2.24, 2.45) is 11.7 Å². The van der Waals surface area contributed by atoms with Gasteiger partial charge in [-0.15, -0.1) is 68.0 Å². The van der Waals surface area contributed by atoms with Crippen molar-refractivity contribution in [3.05, 3.63) is 172 Å². The Bertz CT molecular complexity index is 4310. The van der Waals surface area contributed by atoms with Crippen LogP contribution in [-0.4, -0.2) is 115 Å². The summed E-state index contributed by atoms with van der Waals surface area (Å²) in [7, 11) is 0. The molecule has 9 aromatic rings. The van der Waals surface area contributed by atoms with E-state index in [2.05, 4.69) is 54.7 Å². The summed E-state index contributed by atoms with van der Waals surface area (Å²) in [4.78, 5) is 141. The van der Waals surface area contributed by atoms with Crippen LogP contribution in [-0.2, 0) is 25.6 Å². The summed E-state index contributed by atoms with van der Waals surface area (Å²) >= 11 is 6.53. The first-order valence-electron chi connectivity index (χ1n) is 27.2. The van der Waals surface area contributed by atoms with Crippen LogP contribution >= 0.6 is 68.0 Å². The Balaban J connectivity index is 1.05. The molecule has 6 atom stereocenters. The average Bonchev–Trinajstić information content (AvgIpc) is 1.72. The van der Waals surface area contributed by atoms with Crippen molar-refractivity contribution in [1.82, 2.24) is 66.8 Å². The van der Waals surface area contributed by atoms with Gasteiger partial charge < -0.3 is 58.1 Å². The van der Waals surface area contributed by atoms with Gasteiger partial charge in [-0.25, -0.2) is 39.7 Å². The average molecular weight is 1340 g/mol. The summed E-state index contributed by atoms with van der Waals surface area (Å²) in [5.41, 5.74) is 6.73. The van der Waals surface area contributed by atoms with Crippen LogP contribution in [0.15, 0.2) is 118 Å². The zero-order valence-corrected chi connectivity index (χ0v) is 52.6. The molecule has 12 N–H and O–H groups in total. The van der Waals surface area contributed by atoms with E-state index in [-0.39, 0.29) is 74.4 Å². The highest BCUT2D eigenvalue weighted by atomic mass is 32.1. The standard InChI is InChI=1S/C59H52N14O12S6/c1-25(16-17-74)42-57-70-40(24-90-57)55-66-36(20-87-55)44-32(14-15-33(63-44)54-68-37(22-88-54)49(80)61-26(2)47(78)62-27(3)59(84)85)53-67-38(21-86-53)51(82)65-35(19-41(60)76)56-73-43(28(4)91-56)52(83)72-45(46(77)30-8-6-5-7-9-30)58-69-39(23-89-58)50(81)64-34(48(79)71-42)18-29-10-12-31(75)13-11-29/h5-15,20-25,34-35,42,45-46,74-75,77H,2-3,16-19H2,1,4H3,(H2,60,76)(H,61,80)(H,62,78)(H,64,81)(H,65,82)(H,71,79)(H,72,83)(H,84,85)/t25-,34-,35-,42-,45-,46+/m0/s1. The number of fused-ring (bicyclic) bond motifs is 14. The second-order valence-electron chi connectivity index (χ2n) is 20.4. The monoisotopic (exact) mass is 1340 g/mol. The Morgan fingerprint density at radius 2 is 1.26 bits per heavy atom. The third kappa shape index (κ3) is 15.0. The largest absolute Gasteiger partial charge is 0.508 e. The molecule has 0 unspecified atom stereocenters. The number of primary amides is 1. The number of thiazole rings is 6. The van der Waals surface area contributed by atoms with Gasteiger partial charge in [0.15, 0.2) is 0 Å². The molecular weight excluding hydrogens is 1290 g/mol. The molecule has 10 rings (SSSR count). The smallest absolute Gasteiger partial charge is 0.351 e. The lowest BCUT2D eigenvalue weighted by Crippen LogP contribution is -2.49. The number of carboxylic acid groups (broad SMARTS) is 1. The summed E-state index contributed by atoms with van der Waals surface area (Å²) < 4.78 is 0. The second kappa shape index (κ2) is 28.0. The van der Waals surface area contributed by atoms with Crippen LogP contribution in [0.4, 0.5) is 0 Å². The van der Waals surface area contributed by atoms with E-state index in [0.29, 0.717) is 48.0 Å². The molecule has 7 aromatic heterocycles. The number of nitrogens with one attached hydrogen (secondary N) is 6. The highest BCUT2D eigenvalue weighted by Crippen LogP contribution is 2.40. The Hall–Kier alpha value is -9.67. The maximum absolute atomic E-state index is 14.8. The van der Waals surface area contributed by atoms with E-state index in [0.717, 1.165) is 45.3 Å². The Labute approximate surface area is 540 Å². The molecule has 0 radical (unpaired) electrons. The lowest BCUT2D eigenvalue weighted by Gasteiger charge is -2.26. The van der Waals surface area contributed by atoms with Gasteiger partial charge in [-0.3, -0.25) is 33.6 Å². The van der Waals surface area contributed by atoms with E-state index in [4.69, 9.17) is 30.8 Å². The molecular formula is C59H52N14O12S6. The quantitative estimate of drug-likeness (QED) is 0.0485. The van der Waals surface area contributed by atoms with Gasteiger partial charge in [-0.05, 0) is 54.7 Å². The number of benzene rings is 2. The van der Waals surface area contributed by atoms with Crippen molar-refractivity contribution < 1.29 is 58.8 Å². The molecule has 0 saturated carbocycles.